The quantitative estimate of drug-likeness (QED) is 0.803. The number of hydrogen-bond donors (Lipinski definition) is 0. The second-order valence-electron chi connectivity index (χ2n) is 4.69. The van der Waals surface area contributed by atoms with Gasteiger partial charge < -0.3 is 4.90 Å². The largest absolute Gasteiger partial charge is 0.340 e. The van der Waals surface area contributed by atoms with Crippen LogP contribution in [0.4, 0.5) is 0 Å². The Balaban J connectivity index is 0.000000956. The van der Waals surface area contributed by atoms with Crippen molar-refractivity contribution in [2.24, 2.45) is 5.92 Å². The van der Waals surface area contributed by atoms with Crippen LogP contribution in [0.2, 0.25) is 0 Å². The number of hydrogen-bond acceptors (Lipinski definition) is 4. The van der Waals surface area contributed by atoms with Gasteiger partial charge in [-0.3, -0.25) is 9.78 Å². The van der Waals surface area contributed by atoms with E-state index in [9.17, 15) is 4.79 Å². The van der Waals surface area contributed by atoms with Crippen LogP contribution in [-0.4, -0.2) is 46.3 Å². The monoisotopic (exact) mass is 295 g/mol. The number of pyridine rings is 1. The number of carbonyl (C=O) groups is 1. The van der Waals surface area contributed by atoms with Crippen LogP contribution in [0.25, 0.3) is 0 Å². The molecule has 2 heterocycles. The first-order valence-electron chi connectivity index (χ1n) is 7.28. The molecule has 0 atom stereocenters. The van der Waals surface area contributed by atoms with Crippen molar-refractivity contribution in [2.75, 3.05) is 26.2 Å². The maximum atomic E-state index is 11.9. The third-order valence-electron chi connectivity index (χ3n) is 2.91. The van der Waals surface area contributed by atoms with Gasteiger partial charge in [-0.2, -0.15) is 0 Å². The highest BCUT2D eigenvalue weighted by Gasteiger charge is 2.23. The lowest BCUT2D eigenvalue weighted by atomic mass is 10.2. The topological polar surface area (TPSA) is 36.4 Å². The lowest BCUT2D eigenvalue weighted by Crippen LogP contribution is -2.47. The molecule has 112 valence electrons. The molecule has 20 heavy (non-hydrogen) atoms. The molecule has 1 aromatic rings. The summed E-state index contributed by atoms with van der Waals surface area (Å²) in [5, 5.41) is 0. The van der Waals surface area contributed by atoms with E-state index in [1.54, 1.807) is 18.1 Å². The minimum Gasteiger partial charge on any atom is -0.340 e. The Kier molecular flexibility index (Phi) is 7.62. The van der Waals surface area contributed by atoms with Crippen molar-refractivity contribution in [3.63, 3.8) is 0 Å². The van der Waals surface area contributed by atoms with E-state index in [1.165, 1.54) is 0 Å². The van der Waals surface area contributed by atoms with Gasteiger partial charge >= 0.3 is 0 Å². The summed E-state index contributed by atoms with van der Waals surface area (Å²) in [6, 6.07) is 4.00. The highest BCUT2D eigenvalue weighted by Crippen LogP contribution is 2.22. The molecule has 1 aliphatic heterocycles. The fourth-order valence-corrected chi connectivity index (χ4v) is 2.81. The first-order chi connectivity index (χ1) is 9.66. The van der Waals surface area contributed by atoms with Crippen LogP contribution in [-0.2, 0) is 4.79 Å². The van der Waals surface area contributed by atoms with Crippen LogP contribution in [0.15, 0.2) is 29.4 Å². The van der Waals surface area contributed by atoms with Gasteiger partial charge in [0.2, 0.25) is 5.91 Å². The Hall–Kier alpha value is -1.07. The zero-order valence-corrected chi connectivity index (χ0v) is 13.7. The van der Waals surface area contributed by atoms with Gasteiger partial charge in [-0.05, 0) is 24.1 Å². The van der Waals surface area contributed by atoms with E-state index >= 15 is 0 Å². The van der Waals surface area contributed by atoms with Gasteiger partial charge in [0.15, 0.2) is 0 Å². The van der Waals surface area contributed by atoms with Crippen molar-refractivity contribution < 1.29 is 4.79 Å². The average Bonchev–Trinajstić information content (AvgIpc) is 2.50. The van der Waals surface area contributed by atoms with Gasteiger partial charge in [-0.15, -0.1) is 0 Å². The molecule has 4 nitrogen and oxygen atoms in total. The lowest BCUT2D eigenvalue weighted by molar-refractivity contribution is -0.135. The third-order valence-corrected chi connectivity index (χ3v) is 3.99. The van der Waals surface area contributed by atoms with E-state index in [0.717, 1.165) is 31.1 Å². The van der Waals surface area contributed by atoms with Crippen molar-refractivity contribution >= 4 is 17.9 Å². The summed E-state index contributed by atoms with van der Waals surface area (Å²) in [5.41, 5.74) is 0. The number of nitrogens with zero attached hydrogens (tertiary/aromatic N) is 3. The van der Waals surface area contributed by atoms with Gasteiger partial charge in [0.25, 0.3) is 0 Å². The predicted octanol–water partition coefficient (Wildman–Crippen LogP) is 2.92. The molecular weight excluding hydrogens is 270 g/mol. The molecule has 1 amide bonds. The highest BCUT2D eigenvalue weighted by atomic mass is 32.2. The summed E-state index contributed by atoms with van der Waals surface area (Å²) >= 11 is 1.72. The molecule has 0 radical (unpaired) electrons. The minimum absolute atomic E-state index is 0.0996. The van der Waals surface area contributed by atoms with Gasteiger partial charge in [-0.25, -0.2) is 4.31 Å². The van der Waals surface area contributed by atoms with Crippen LogP contribution >= 0.6 is 11.9 Å². The molecule has 1 fully saturated rings. The smallest absolute Gasteiger partial charge is 0.225 e. The molecule has 0 bridgehead atoms. The molecule has 5 heteroatoms. The Morgan fingerprint density at radius 1 is 1.25 bits per heavy atom. The number of aromatic nitrogens is 1. The molecule has 1 aliphatic rings. The van der Waals surface area contributed by atoms with E-state index in [-0.39, 0.29) is 11.8 Å². The highest BCUT2D eigenvalue weighted by molar-refractivity contribution is 7.97. The van der Waals surface area contributed by atoms with Gasteiger partial charge in [0, 0.05) is 49.4 Å². The standard InChI is InChI=1S/C13H19N3OS.C2H6/c1-11(2)13(17)15-6-8-16(9-7-15)18-12-4-3-5-14-10-12;1-2/h3-5,10-11H,6-9H2,1-2H3;1-2H3. The molecule has 1 aromatic heterocycles. The summed E-state index contributed by atoms with van der Waals surface area (Å²) < 4.78 is 2.29. The molecule has 0 aromatic carbocycles. The van der Waals surface area contributed by atoms with Gasteiger partial charge in [-0.1, -0.05) is 27.7 Å². The molecule has 2 rings (SSSR count). The fraction of sp³-hybridized carbons (Fsp3) is 0.600. The normalized spacial score (nSPS) is 15.8. The number of amides is 1. The summed E-state index contributed by atoms with van der Waals surface area (Å²) in [4.78, 5) is 19.1. The van der Waals surface area contributed by atoms with Crippen LogP contribution in [0.3, 0.4) is 0 Å². The first-order valence-corrected chi connectivity index (χ1v) is 8.06. The Bertz CT molecular complexity index is 389. The predicted molar refractivity (Wildman–Crippen MR) is 84.4 cm³/mol. The van der Waals surface area contributed by atoms with Crippen molar-refractivity contribution in [1.29, 1.82) is 0 Å². The SMILES string of the molecule is CC.CC(C)C(=O)N1CCN(Sc2cccnc2)CC1. The summed E-state index contributed by atoms with van der Waals surface area (Å²) in [7, 11) is 0. The maximum Gasteiger partial charge on any atom is 0.225 e. The molecular formula is C15H25N3OS. The summed E-state index contributed by atoms with van der Waals surface area (Å²) in [6.07, 6.45) is 3.65. The molecule has 0 N–H and O–H groups in total. The maximum absolute atomic E-state index is 11.9. The molecule has 0 unspecified atom stereocenters. The minimum atomic E-state index is 0.0996. The molecule has 0 aliphatic carbocycles. The van der Waals surface area contributed by atoms with E-state index in [2.05, 4.69) is 15.4 Å². The number of rotatable bonds is 3. The van der Waals surface area contributed by atoms with E-state index in [1.807, 2.05) is 44.9 Å². The van der Waals surface area contributed by atoms with E-state index in [4.69, 9.17) is 0 Å². The lowest BCUT2D eigenvalue weighted by Gasteiger charge is -2.34. The van der Waals surface area contributed by atoms with Crippen molar-refractivity contribution in [3.8, 4) is 0 Å². The van der Waals surface area contributed by atoms with Crippen LogP contribution in [0.1, 0.15) is 27.7 Å². The zero-order valence-electron chi connectivity index (χ0n) is 12.9. The number of carbonyl (C=O) groups excluding carboxylic acids is 1. The molecule has 1 saturated heterocycles. The third kappa shape index (κ3) is 5.13. The Morgan fingerprint density at radius 2 is 1.90 bits per heavy atom. The van der Waals surface area contributed by atoms with Crippen LogP contribution in [0, 0.1) is 5.92 Å². The summed E-state index contributed by atoms with van der Waals surface area (Å²) in [5.74, 6) is 0.364. The van der Waals surface area contributed by atoms with Crippen LogP contribution < -0.4 is 0 Å². The second kappa shape index (κ2) is 8.97. The second-order valence-corrected chi connectivity index (χ2v) is 5.86. The fourth-order valence-electron chi connectivity index (χ4n) is 1.92. The van der Waals surface area contributed by atoms with Crippen molar-refractivity contribution in [2.45, 2.75) is 32.6 Å². The zero-order chi connectivity index (χ0) is 15.0. The van der Waals surface area contributed by atoms with Gasteiger partial charge in [0.05, 0.1) is 0 Å². The average molecular weight is 295 g/mol. The Labute approximate surface area is 126 Å². The molecule has 0 spiro atoms. The summed E-state index contributed by atoms with van der Waals surface area (Å²) in [6.45, 7) is 11.4. The van der Waals surface area contributed by atoms with E-state index in [0.29, 0.717) is 0 Å². The van der Waals surface area contributed by atoms with Crippen LogP contribution in [0.5, 0.6) is 0 Å². The number of piperazine rings is 1. The first kappa shape index (κ1) is 17.0. The van der Waals surface area contributed by atoms with E-state index < -0.39 is 0 Å². The Morgan fingerprint density at radius 3 is 2.40 bits per heavy atom. The van der Waals surface area contributed by atoms with Crippen molar-refractivity contribution in [3.05, 3.63) is 24.5 Å². The van der Waals surface area contributed by atoms with Crippen molar-refractivity contribution in [1.82, 2.24) is 14.2 Å². The van der Waals surface area contributed by atoms with Gasteiger partial charge in [0.1, 0.15) is 0 Å². The molecule has 0 saturated carbocycles.